The van der Waals surface area contributed by atoms with Gasteiger partial charge in [-0.3, -0.25) is 18.7 Å². The number of piperidine rings is 1. The SMILES string of the molecule is CN[C@@H]1CCCN(C(=O)Cn2ccc(=O)n(C)c2=O)C1. The minimum atomic E-state index is -0.465. The van der Waals surface area contributed by atoms with Gasteiger partial charge in [0.15, 0.2) is 0 Å². The first kappa shape index (κ1) is 14.5. The minimum Gasteiger partial charge on any atom is -0.340 e. The summed E-state index contributed by atoms with van der Waals surface area (Å²) < 4.78 is 2.27. The van der Waals surface area contributed by atoms with E-state index in [9.17, 15) is 14.4 Å². The molecule has 2 heterocycles. The van der Waals surface area contributed by atoms with Gasteiger partial charge in [0.05, 0.1) is 0 Å². The zero-order valence-corrected chi connectivity index (χ0v) is 11.8. The zero-order valence-electron chi connectivity index (χ0n) is 11.8. The summed E-state index contributed by atoms with van der Waals surface area (Å²) in [6.07, 6.45) is 3.39. The zero-order chi connectivity index (χ0) is 14.7. The molecule has 1 fully saturated rings. The molecule has 1 N–H and O–H groups in total. The van der Waals surface area contributed by atoms with Crippen LogP contribution in [0.15, 0.2) is 21.9 Å². The van der Waals surface area contributed by atoms with Crippen molar-refractivity contribution in [3.8, 4) is 0 Å². The van der Waals surface area contributed by atoms with Crippen LogP contribution in [0.3, 0.4) is 0 Å². The van der Waals surface area contributed by atoms with Crippen molar-refractivity contribution in [1.82, 2.24) is 19.4 Å². The van der Waals surface area contributed by atoms with E-state index in [2.05, 4.69) is 5.32 Å². The average molecular weight is 280 g/mol. The number of likely N-dealkylation sites (N-methyl/N-ethyl adjacent to an activating group) is 1. The Bertz CT molecular complexity index is 604. The third-order valence-corrected chi connectivity index (χ3v) is 3.75. The van der Waals surface area contributed by atoms with Crippen LogP contribution in [0, 0.1) is 0 Å². The van der Waals surface area contributed by atoms with Crippen LogP contribution < -0.4 is 16.6 Å². The fourth-order valence-corrected chi connectivity index (χ4v) is 2.42. The van der Waals surface area contributed by atoms with E-state index >= 15 is 0 Å². The second-order valence-corrected chi connectivity index (χ2v) is 5.09. The van der Waals surface area contributed by atoms with Gasteiger partial charge in [-0.1, -0.05) is 0 Å². The van der Waals surface area contributed by atoms with Gasteiger partial charge in [0.2, 0.25) is 5.91 Å². The van der Waals surface area contributed by atoms with Gasteiger partial charge < -0.3 is 10.2 Å². The lowest BCUT2D eigenvalue weighted by Gasteiger charge is -2.32. The van der Waals surface area contributed by atoms with Crippen molar-refractivity contribution in [2.75, 3.05) is 20.1 Å². The van der Waals surface area contributed by atoms with Crippen LogP contribution in [0.2, 0.25) is 0 Å². The highest BCUT2D eigenvalue weighted by atomic mass is 16.2. The first-order valence-corrected chi connectivity index (χ1v) is 6.74. The maximum Gasteiger partial charge on any atom is 0.331 e. The Labute approximate surface area is 116 Å². The Kier molecular flexibility index (Phi) is 4.39. The fourth-order valence-electron chi connectivity index (χ4n) is 2.42. The van der Waals surface area contributed by atoms with Crippen molar-refractivity contribution in [3.05, 3.63) is 33.1 Å². The van der Waals surface area contributed by atoms with Crippen LogP contribution in [0.1, 0.15) is 12.8 Å². The fraction of sp³-hybridized carbons (Fsp3) is 0.615. The number of nitrogens with one attached hydrogen (secondary N) is 1. The van der Waals surface area contributed by atoms with E-state index in [1.807, 2.05) is 7.05 Å². The van der Waals surface area contributed by atoms with Gasteiger partial charge in [-0.2, -0.15) is 0 Å². The molecule has 0 bridgehead atoms. The Morgan fingerprint density at radius 1 is 1.45 bits per heavy atom. The van der Waals surface area contributed by atoms with Crippen LogP contribution >= 0.6 is 0 Å². The monoisotopic (exact) mass is 280 g/mol. The molecule has 0 saturated carbocycles. The summed E-state index contributed by atoms with van der Waals surface area (Å²) in [6.45, 7) is 1.36. The summed E-state index contributed by atoms with van der Waals surface area (Å²) in [5, 5.41) is 3.17. The Hall–Kier alpha value is -1.89. The molecule has 1 aromatic heterocycles. The van der Waals surface area contributed by atoms with E-state index in [4.69, 9.17) is 0 Å². The van der Waals surface area contributed by atoms with Crippen LogP contribution in [0.5, 0.6) is 0 Å². The second-order valence-electron chi connectivity index (χ2n) is 5.09. The lowest BCUT2D eigenvalue weighted by Crippen LogP contribution is -2.49. The smallest absolute Gasteiger partial charge is 0.331 e. The summed E-state index contributed by atoms with van der Waals surface area (Å²) in [5.41, 5.74) is -0.833. The first-order chi connectivity index (χ1) is 9.52. The van der Waals surface area contributed by atoms with Crippen LogP contribution in [-0.2, 0) is 18.4 Å². The molecule has 0 radical (unpaired) electrons. The number of hydrogen-bond acceptors (Lipinski definition) is 4. The highest BCUT2D eigenvalue weighted by molar-refractivity contribution is 5.76. The number of carbonyl (C=O) groups is 1. The van der Waals surface area contributed by atoms with Gasteiger partial charge in [-0.05, 0) is 19.9 Å². The number of carbonyl (C=O) groups excluding carboxylic acids is 1. The molecule has 0 aliphatic carbocycles. The second kappa shape index (κ2) is 6.04. The maximum absolute atomic E-state index is 12.2. The third-order valence-electron chi connectivity index (χ3n) is 3.75. The Morgan fingerprint density at radius 3 is 2.90 bits per heavy atom. The molecule has 1 saturated heterocycles. The summed E-state index contributed by atoms with van der Waals surface area (Å²) >= 11 is 0. The number of aromatic nitrogens is 2. The molecule has 0 unspecified atom stereocenters. The first-order valence-electron chi connectivity index (χ1n) is 6.74. The van der Waals surface area contributed by atoms with Crippen molar-refractivity contribution in [1.29, 1.82) is 0 Å². The number of amides is 1. The molecule has 20 heavy (non-hydrogen) atoms. The molecular formula is C13H20N4O3. The number of nitrogens with zero attached hydrogens (tertiary/aromatic N) is 3. The molecule has 1 amide bonds. The maximum atomic E-state index is 12.2. The largest absolute Gasteiger partial charge is 0.340 e. The van der Waals surface area contributed by atoms with E-state index in [-0.39, 0.29) is 18.0 Å². The molecule has 7 heteroatoms. The number of likely N-dealkylation sites (tertiary alicyclic amines) is 1. The van der Waals surface area contributed by atoms with E-state index in [1.165, 1.54) is 23.9 Å². The van der Waals surface area contributed by atoms with Gasteiger partial charge >= 0.3 is 5.69 Å². The predicted molar refractivity (Wildman–Crippen MR) is 74.6 cm³/mol. The van der Waals surface area contributed by atoms with Gasteiger partial charge in [-0.25, -0.2) is 4.79 Å². The quantitative estimate of drug-likeness (QED) is 0.751. The number of hydrogen-bond donors (Lipinski definition) is 1. The van der Waals surface area contributed by atoms with E-state index < -0.39 is 5.69 Å². The van der Waals surface area contributed by atoms with Crippen molar-refractivity contribution in [2.45, 2.75) is 25.4 Å². The van der Waals surface area contributed by atoms with E-state index in [1.54, 1.807) is 4.90 Å². The molecule has 1 aromatic rings. The Balaban J connectivity index is 2.10. The average Bonchev–Trinajstić information content (AvgIpc) is 2.48. The van der Waals surface area contributed by atoms with Gasteiger partial charge in [0.1, 0.15) is 6.54 Å². The van der Waals surface area contributed by atoms with Crippen molar-refractivity contribution >= 4 is 5.91 Å². The summed E-state index contributed by atoms with van der Waals surface area (Å²) in [4.78, 5) is 37.2. The van der Waals surface area contributed by atoms with Crippen molar-refractivity contribution in [2.24, 2.45) is 7.05 Å². The molecular weight excluding hydrogens is 260 g/mol. The van der Waals surface area contributed by atoms with Gasteiger partial charge in [0, 0.05) is 38.4 Å². The van der Waals surface area contributed by atoms with Crippen molar-refractivity contribution in [3.63, 3.8) is 0 Å². The molecule has 1 aliphatic heterocycles. The van der Waals surface area contributed by atoms with Gasteiger partial charge in [-0.15, -0.1) is 0 Å². The molecule has 0 aromatic carbocycles. The highest BCUT2D eigenvalue weighted by Crippen LogP contribution is 2.10. The van der Waals surface area contributed by atoms with Crippen LogP contribution in [0.4, 0.5) is 0 Å². The molecule has 7 nitrogen and oxygen atoms in total. The molecule has 1 aliphatic rings. The molecule has 1 atom stereocenters. The Morgan fingerprint density at radius 2 is 2.20 bits per heavy atom. The summed E-state index contributed by atoms with van der Waals surface area (Å²) in [5.74, 6) is -0.0919. The molecule has 2 rings (SSSR count). The number of rotatable bonds is 3. The summed E-state index contributed by atoms with van der Waals surface area (Å²) in [7, 11) is 3.29. The standard InChI is InChI=1S/C13H20N4O3/c1-14-10-4-3-6-16(8-10)12(19)9-17-7-5-11(18)15(2)13(17)20/h5,7,10,14H,3-4,6,8-9H2,1-2H3/t10-/m1/s1. The minimum absolute atomic E-state index is 0.0244. The lowest BCUT2D eigenvalue weighted by molar-refractivity contribution is -0.133. The van der Waals surface area contributed by atoms with Crippen molar-refractivity contribution < 1.29 is 4.79 Å². The predicted octanol–water partition coefficient (Wildman–Crippen LogP) is -1.24. The summed E-state index contributed by atoms with van der Waals surface area (Å²) in [6, 6.07) is 1.60. The lowest BCUT2D eigenvalue weighted by atomic mass is 10.1. The van der Waals surface area contributed by atoms with E-state index in [0.717, 1.165) is 24.0 Å². The topological polar surface area (TPSA) is 76.3 Å². The normalized spacial score (nSPS) is 19.1. The van der Waals surface area contributed by atoms with E-state index in [0.29, 0.717) is 12.6 Å². The molecule has 0 spiro atoms. The van der Waals surface area contributed by atoms with Crippen LogP contribution in [-0.4, -0.2) is 46.1 Å². The van der Waals surface area contributed by atoms with Crippen LogP contribution in [0.25, 0.3) is 0 Å². The van der Waals surface area contributed by atoms with Gasteiger partial charge in [0.25, 0.3) is 5.56 Å². The third kappa shape index (κ3) is 2.98. The highest BCUT2D eigenvalue weighted by Gasteiger charge is 2.22. The molecule has 110 valence electrons.